The summed E-state index contributed by atoms with van der Waals surface area (Å²) in [6, 6.07) is 0. The van der Waals surface area contributed by atoms with Crippen molar-refractivity contribution in [3.63, 3.8) is 0 Å². The van der Waals surface area contributed by atoms with Gasteiger partial charge in [0.2, 0.25) is 0 Å². The molecule has 0 rings (SSSR count). The number of hydrogen-bond donors (Lipinski definition) is 0. The number of alkyl halides is 5. The monoisotopic (exact) mass is 786 g/mol. The van der Waals surface area contributed by atoms with Gasteiger partial charge in [0, 0.05) is 19.6 Å². The van der Waals surface area contributed by atoms with Crippen molar-refractivity contribution in [3.8, 4) is 0 Å². The second-order valence-corrected chi connectivity index (χ2v) is 11.6. The molecule has 0 bridgehead atoms. The fourth-order valence-electron chi connectivity index (χ4n) is 1.44. The molecule has 0 heterocycles. The third-order valence-corrected chi connectivity index (χ3v) is 15.8. The molecule has 0 aromatic heterocycles. The van der Waals surface area contributed by atoms with Crippen molar-refractivity contribution in [2.75, 3.05) is 0 Å². The highest BCUT2D eigenvalue weighted by Crippen LogP contribution is 2.37. The highest BCUT2D eigenvalue weighted by molar-refractivity contribution is 14.1. The molecule has 0 radical (unpaired) electrons. The molecule has 6 atom stereocenters. The molecule has 0 spiro atoms. The van der Waals surface area contributed by atoms with Crippen LogP contribution in [0.15, 0.2) is 0 Å². The summed E-state index contributed by atoms with van der Waals surface area (Å²) in [6.45, 7) is 7.03. The smallest absolute Gasteiger partial charge is 0.0348 e. The van der Waals surface area contributed by atoms with E-state index in [1.54, 1.807) is 0 Å². The van der Waals surface area contributed by atoms with Crippen LogP contribution in [0.1, 0.15) is 33.6 Å². The third-order valence-electron chi connectivity index (χ3n) is 2.78. The summed E-state index contributed by atoms with van der Waals surface area (Å²) in [7, 11) is 0. The number of halogens is 5. The normalized spacial score (nSPS) is 23.2. The average molecular weight is 786 g/mol. The van der Waals surface area contributed by atoms with E-state index in [0.29, 0.717) is 0 Å². The molecule has 16 heavy (non-hydrogen) atoms. The Labute approximate surface area is 169 Å². The van der Waals surface area contributed by atoms with Crippen LogP contribution < -0.4 is 0 Å². The highest BCUT2D eigenvalue weighted by atomic mass is 127. The van der Waals surface area contributed by atoms with Gasteiger partial charge in [-0.05, 0) is 18.8 Å². The second-order valence-electron chi connectivity index (χ2n) is 4.04. The van der Waals surface area contributed by atoms with Crippen LogP contribution in [-0.4, -0.2) is 19.6 Å². The maximum atomic E-state index is 2.68. The second kappa shape index (κ2) is 10.4. The van der Waals surface area contributed by atoms with Gasteiger partial charge in [0.05, 0.1) is 0 Å². The van der Waals surface area contributed by atoms with Crippen molar-refractivity contribution < 1.29 is 0 Å². The van der Waals surface area contributed by atoms with Crippen LogP contribution in [0.5, 0.6) is 0 Å². The lowest BCUT2D eigenvalue weighted by molar-refractivity contribution is 0.531. The van der Waals surface area contributed by atoms with E-state index >= 15 is 0 Å². The van der Waals surface area contributed by atoms with Crippen molar-refractivity contribution >= 4 is 113 Å². The van der Waals surface area contributed by atoms with E-state index in [2.05, 4.69) is 134 Å². The zero-order valence-corrected chi connectivity index (χ0v) is 20.6. The standard InChI is InChI=1S/C11H19I5/c1-4-7(12)9(14)6(3)10(15)11(16)8(13)5-2/h6-11H,4-5H2,1-3H3/t6?,7?,8-,9?,10?,11?/m0/s1. The third kappa shape index (κ3) is 6.40. The molecule has 0 aliphatic heterocycles. The van der Waals surface area contributed by atoms with Gasteiger partial charge in [-0.1, -0.05) is 134 Å². The van der Waals surface area contributed by atoms with Gasteiger partial charge in [0.1, 0.15) is 0 Å². The van der Waals surface area contributed by atoms with Crippen LogP contribution in [0.2, 0.25) is 0 Å². The molecule has 5 heteroatoms. The van der Waals surface area contributed by atoms with Crippen molar-refractivity contribution in [2.45, 2.75) is 53.2 Å². The molecule has 5 unspecified atom stereocenters. The Kier molecular flexibility index (Phi) is 12.8. The van der Waals surface area contributed by atoms with Crippen LogP contribution in [0.4, 0.5) is 0 Å². The first-order chi connectivity index (χ1) is 7.36. The predicted octanol–water partition coefficient (Wildman–Crippen LogP) is 6.46. The van der Waals surface area contributed by atoms with Gasteiger partial charge in [-0.15, -0.1) is 0 Å². The lowest BCUT2D eigenvalue weighted by atomic mass is 9.97. The zero-order chi connectivity index (χ0) is 12.9. The molecular formula is C11H19I5. The van der Waals surface area contributed by atoms with Crippen molar-refractivity contribution in [3.05, 3.63) is 0 Å². The number of rotatable bonds is 7. The lowest BCUT2D eigenvalue weighted by Gasteiger charge is -2.31. The maximum absolute atomic E-state index is 2.68. The van der Waals surface area contributed by atoms with E-state index in [1.165, 1.54) is 12.8 Å². The first-order valence-electron chi connectivity index (χ1n) is 5.57. The topological polar surface area (TPSA) is 0 Å². The summed E-state index contributed by atoms with van der Waals surface area (Å²) >= 11 is 13.2. The van der Waals surface area contributed by atoms with Crippen molar-refractivity contribution in [1.29, 1.82) is 0 Å². The van der Waals surface area contributed by atoms with Gasteiger partial charge in [-0.2, -0.15) is 0 Å². The SMILES string of the molecule is CCC(I)C(I)C(C)C(I)C(I)[C@@H](I)CC. The van der Waals surface area contributed by atoms with Gasteiger partial charge in [-0.3, -0.25) is 0 Å². The average Bonchev–Trinajstić information content (AvgIpc) is 2.32. The quantitative estimate of drug-likeness (QED) is 0.206. The maximum Gasteiger partial charge on any atom is 0.0348 e. The summed E-state index contributed by atoms with van der Waals surface area (Å²) in [4.78, 5) is 0. The van der Waals surface area contributed by atoms with Gasteiger partial charge in [-0.25, -0.2) is 0 Å². The van der Waals surface area contributed by atoms with Gasteiger partial charge < -0.3 is 0 Å². The molecule has 0 aliphatic carbocycles. The van der Waals surface area contributed by atoms with Crippen LogP contribution in [0.3, 0.4) is 0 Å². The Hall–Kier alpha value is 3.65. The zero-order valence-electron chi connectivity index (χ0n) is 9.77. The molecule has 0 aromatic rings. The van der Waals surface area contributed by atoms with Crippen molar-refractivity contribution in [1.82, 2.24) is 0 Å². The van der Waals surface area contributed by atoms with E-state index in [-0.39, 0.29) is 0 Å². The predicted molar refractivity (Wildman–Crippen MR) is 119 cm³/mol. The molecular weight excluding hydrogens is 767 g/mol. The van der Waals surface area contributed by atoms with Crippen molar-refractivity contribution in [2.24, 2.45) is 5.92 Å². The summed E-state index contributed by atoms with van der Waals surface area (Å²) in [5.41, 5.74) is 0. The fraction of sp³-hybridized carbons (Fsp3) is 1.00. The van der Waals surface area contributed by atoms with Gasteiger partial charge >= 0.3 is 0 Å². The summed E-state index contributed by atoms with van der Waals surface area (Å²) in [6.07, 6.45) is 2.57. The molecule has 98 valence electrons. The summed E-state index contributed by atoms with van der Waals surface area (Å²) in [5.74, 6) is 0.800. The summed E-state index contributed by atoms with van der Waals surface area (Å²) in [5, 5.41) is 0. The van der Waals surface area contributed by atoms with Crippen LogP contribution >= 0.6 is 113 Å². The highest BCUT2D eigenvalue weighted by Gasteiger charge is 2.32. The van der Waals surface area contributed by atoms with E-state index in [4.69, 9.17) is 0 Å². The first kappa shape index (κ1) is 19.7. The largest absolute Gasteiger partial charge is 0.0815 e. The number of hydrogen-bond acceptors (Lipinski definition) is 0. The molecule has 0 nitrogen and oxygen atoms in total. The van der Waals surface area contributed by atoms with E-state index < -0.39 is 0 Å². The minimum atomic E-state index is 0.783. The first-order valence-corrected chi connectivity index (χ1v) is 11.8. The lowest BCUT2D eigenvalue weighted by Crippen LogP contribution is -2.36. The van der Waals surface area contributed by atoms with Gasteiger partial charge in [0.15, 0.2) is 0 Å². The molecule has 0 amide bonds. The van der Waals surface area contributed by atoms with E-state index in [9.17, 15) is 0 Å². The van der Waals surface area contributed by atoms with E-state index in [0.717, 1.165) is 25.5 Å². The molecule has 0 fully saturated rings. The minimum absolute atomic E-state index is 0.783. The molecule has 0 saturated heterocycles. The van der Waals surface area contributed by atoms with Crippen LogP contribution in [-0.2, 0) is 0 Å². The Balaban J connectivity index is 4.41. The van der Waals surface area contributed by atoms with Crippen LogP contribution in [0.25, 0.3) is 0 Å². The molecule has 0 saturated carbocycles. The Morgan fingerprint density at radius 2 is 1.06 bits per heavy atom. The Bertz CT molecular complexity index is 167. The van der Waals surface area contributed by atoms with Crippen LogP contribution in [0, 0.1) is 5.92 Å². The summed E-state index contributed by atoms with van der Waals surface area (Å²) < 4.78 is 3.98. The minimum Gasteiger partial charge on any atom is -0.0815 e. The Morgan fingerprint density at radius 3 is 1.44 bits per heavy atom. The van der Waals surface area contributed by atoms with E-state index in [1.807, 2.05) is 0 Å². The molecule has 0 N–H and O–H groups in total. The molecule has 0 aromatic carbocycles. The fourth-order valence-corrected chi connectivity index (χ4v) is 7.20. The van der Waals surface area contributed by atoms with Gasteiger partial charge in [0.25, 0.3) is 0 Å². The Morgan fingerprint density at radius 1 is 0.688 bits per heavy atom. The molecule has 0 aliphatic rings.